The first kappa shape index (κ1) is 24.6. The van der Waals surface area contributed by atoms with Crippen molar-refractivity contribution in [3.05, 3.63) is 97.1 Å². The second-order valence-corrected chi connectivity index (χ2v) is 10.6. The zero-order chi connectivity index (χ0) is 24.7. The van der Waals surface area contributed by atoms with Crippen LogP contribution in [0.2, 0.25) is 0 Å². The number of phenolic OH excluding ortho intramolecular Hbond substituents is 3. The fourth-order valence-corrected chi connectivity index (χ4v) is 3.67. The molecule has 0 aliphatic rings. The molecular formula is C24H20O8S2. The standard InChI is InChI=1S/C12H10O6S2.C12H10O2/c13-11-5-1-9(2-6-11)10-3-7-12(8-4-10)18-20(16,17)19(14)15;13-11-5-1-9(2-6-11)10-3-7-12(14)8-4-10/h1-8,13,19H;1-8,13-14H. The highest BCUT2D eigenvalue weighted by Crippen LogP contribution is 2.25. The highest BCUT2D eigenvalue weighted by molar-refractivity contribution is 8.57. The van der Waals surface area contributed by atoms with Crippen LogP contribution in [-0.4, -0.2) is 32.2 Å². The summed E-state index contributed by atoms with van der Waals surface area (Å²) in [6, 6.07) is 26.2. The van der Waals surface area contributed by atoms with Crippen LogP contribution < -0.4 is 4.18 Å². The summed E-state index contributed by atoms with van der Waals surface area (Å²) in [5.74, 6) is 0.561. The van der Waals surface area contributed by atoms with Gasteiger partial charge >= 0.3 is 9.15 Å². The molecule has 4 aromatic carbocycles. The predicted octanol–water partition coefficient (Wildman–Crippen LogP) is 4.06. The van der Waals surface area contributed by atoms with Crippen molar-refractivity contribution < 1.29 is 36.3 Å². The average Bonchev–Trinajstić information content (AvgIpc) is 2.81. The second-order valence-electron chi connectivity index (χ2n) is 6.90. The molecule has 0 amide bonds. The van der Waals surface area contributed by atoms with E-state index >= 15 is 0 Å². The van der Waals surface area contributed by atoms with Crippen LogP contribution in [0, 0.1) is 0 Å². The molecule has 0 aliphatic carbocycles. The summed E-state index contributed by atoms with van der Waals surface area (Å²) in [6.45, 7) is 0. The zero-order valence-corrected chi connectivity index (χ0v) is 19.2. The summed E-state index contributed by atoms with van der Waals surface area (Å²) >= 11 is 0. The minimum Gasteiger partial charge on any atom is -0.508 e. The Morgan fingerprint density at radius 1 is 0.500 bits per heavy atom. The van der Waals surface area contributed by atoms with Gasteiger partial charge in [-0.2, -0.15) is 8.42 Å². The summed E-state index contributed by atoms with van der Waals surface area (Å²) in [7, 11) is -8.31. The molecule has 0 aliphatic heterocycles. The summed E-state index contributed by atoms with van der Waals surface area (Å²) in [5, 5.41) is 27.4. The Morgan fingerprint density at radius 2 is 0.765 bits per heavy atom. The number of hydrogen-bond acceptors (Lipinski definition) is 8. The van der Waals surface area contributed by atoms with Crippen molar-refractivity contribution in [2.24, 2.45) is 0 Å². The van der Waals surface area contributed by atoms with E-state index < -0.39 is 18.9 Å². The summed E-state index contributed by atoms with van der Waals surface area (Å²) in [5.41, 5.74) is 3.61. The van der Waals surface area contributed by atoms with E-state index in [-0.39, 0.29) is 23.0 Å². The van der Waals surface area contributed by atoms with Gasteiger partial charge in [-0.05, 0) is 70.8 Å². The molecular weight excluding hydrogens is 480 g/mol. The summed E-state index contributed by atoms with van der Waals surface area (Å²) in [6.07, 6.45) is 0. The molecule has 0 bridgehead atoms. The quantitative estimate of drug-likeness (QED) is 0.238. The van der Waals surface area contributed by atoms with Crippen LogP contribution in [0.15, 0.2) is 97.1 Å². The van der Waals surface area contributed by atoms with Gasteiger partial charge < -0.3 is 19.5 Å². The Labute approximate surface area is 197 Å². The van der Waals surface area contributed by atoms with E-state index in [1.165, 1.54) is 24.3 Å². The largest absolute Gasteiger partial charge is 0.508 e. The molecule has 0 aromatic heterocycles. The average molecular weight is 501 g/mol. The molecule has 0 fully saturated rings. The van der Waals surface area contributed by atoms with E-state index in [2.05, 4.69) is 4.18 Å². The van der Waals surface area contributed by atoms with Crippen molar-refractivity contribution in [3.63, 3.8) is 0 Å². The predicted molar refractivity (Wildman–Crippen MR) is 129 cm³/mol. The normalized spacial score (nSPS) is 10.9. The van der Waals surface area contributed by atoms with Crippen molar-refractivity contribution in [3.8, 4) is 45.3 Å². The Morgan fingerprint density at radius 3 is 1.03 bits per heavy atom. The first-order valence-electron chi connectivity index (χ1n) is 9.71. The lowest BCUT2D eigenvalue weighted by Crippen LogP contribution is -2.09. The van der Waals surface area contributed by atoms with Crippen LogP contribution in [-0.2, 0) is 18.9 Å². The van der Waals surface area contributed by atoms with E-state index in [9.17, 15) is 21.9 Å². The molecule has 3 N–H and O–H groups in total. The first-order chi connectivity index (χ1) is 16.1. The Hall–Kier alpha value is -4.02. The second kappa shape index (κ2) is 10.7. The van der Waals surface area contributed by atoms with Crippen LogP contribution in [0.25, 0.3) is 22.3 Å². The molecule has 176 valence electrons. The minimum atomic E-state index is -4.61. The Bertz CT molecular complexity index is 1360. The number of hydrogen-bond donors (Lipinski definition) is 4. The maximum atomic E-state index is 11.0. The first-order valence-corrected chi connectivity index (χ1v) is 12.9. The smallest absolute Gasteiger partial charge is 0.416 e. The van der Waals surface area contributed by atoms with Gasteiger partial charge in [0.15, 0.2) is 0 Å². The lowest BCUT2D eigenvalue weighted by molar-refractivity contribution is 0.474. The number of thiol groups is 1. The van der Waals surface area contributed by atoms with Crippen molar-refractivity contribution in [2.45, 2.75) is 0 Å². The minimum absolute atomic E-state index is 0.0910. The molecule has 0 saturated carbocycles. The van der Waals surface area contributed by atoms with Crippen LogP contribution in [0.3, 0.4) is 0 Å². The summed E-state index contributed by atoms with van der Waals surface area (Å²) < 4.78 is 47.4. The van der Waals surface area contributed by atoms with Crippen LogP contribution in [0.1, 0.15) is 0 Å². The lowest BCUT2D eigenvalue weighted by Gasteiger charge is -2.04. The van der Waals surface area contributed by atoms with Gasteiger partial charge in [0.1, 0.15) is 23.0 Å². The summed E-state index contributed by atoms with van der Waals surface area (Å²) in [4.78, 5) is 0. The van der Waals surface area contributed by atoms with E-state index in [1.807, 2.05) is 24.3 Å². The molecule has 4 rings (SSSR count). The van der Waals surface area contributed by atoms with E-state index in [4.69, 9.17) is 10.2 Å². The molecule has 0 atom stereocenters. The highest BCUT2D eigenvalue weighted by atomic mass is 33.2. The molecule has 0 radical (unpaired) electrons. The maximum absolute atomic E-state index is 11.0. The maximum Gasteiger partial charge on any atom is 0.416 e. The topological polar surface area (TPSA) is 138 Å². The molecule has 10 heteroatoms. The Kier molecular flexibility index (Phi) is 7.77. The number of rotatable bonds is 5. The van der Waals surface area contributed by atoms with Gasteiger partial charge in [0, 0.05) is 0 Å². The zero-order valence-electron chi connectivity index (χ0n) is 17.5. The molecule has 0 heterocycles. The molecule has 8 nitrogen and oxygen atoms in total. The van der Waals surface area contributed by atoms with E-state index in [0.29, 0.717) is 0 Å². The third-order valence-corrected chi connectivity index (χ3v) is 6.59. The van der Waals surface area contributed by atoms with Crippen LogP contribution in [0.4, 0.5) is 0 Å². The van der Waals surface area contributed by atoms with Crippen LogP contribution in [0.5, 0.6) is 23.0 Å². The SMILES string of the molecule is O=[SH](=O)S(=O)(=O)Oc1ccc(-c2ccc(O)cc2)cc1.Oc1ccc(-c2ccc(O)cc2)cc1. The van der Waals surface area contributed by atoms with Gasteiger partial charge in [-0.3, -0.25) is 0 Å². The number of aromatic hydroxyl groups is 3. The van der Waals surface area contributed by atoms with Gasteiger partial charge in [0.25, 0.3) is 9.74 Å². The van der Waals surface area contributed by atoms with Crippen molar-refractivity contribution in [1.29, 1.82) is 0 Å². The molecule has 0 unspecified atom stereocenters. The van der Waals surface area contributed by atoms with E-state index in [1.54, 1.807) is 48.5 Å². The number of benzene rings is 4. The molecule has 0 saturated heterocycles. The van der Waals surface area contributed by atoms with Gasteiger partial charge in [-0.15, -0.1) is 0 Å². The van der Waals surface area contributed by atoms with Crippen molar-refractivity contribution in [2.75, 3.05) is 0 Å². The Balaban J connectivity index is 0.000000202. The van der Waals surface area contributed by atoms with Crippen LogP contribution >= 0.6 is 0 Å². The highest BCUT2D eigenvalue weighted by Gasteiger charge is 2.15. The van der Waals surface area contributed by atoms with Gasteiger partial charge in [0.05, 0.1) is 0 Å². The van der Waals surface area contributed by atoms with Gasteiger partial charge in [0.2, 0.25) is 0 Å². The third kappa shape index (κ3) is 6.74. The third-order valence-electron chi connectivity index (χ3n) is 4.51. The van der Waals surface area contributed by atoms with Gasteiger partial charge in [-0.25, -0.2) is 8.42 Å². The number of phenols is 3. The van der Waals surface area contributed by atoms with Crippen molar-refractivity contribution in [1.82, 2.24) is 0 Å². The molecule has 4 aromatic rings. The molecule has 34 heavy (non-hydrogen) atoms. The fourth-order valence-electron chi connectivity index (χ4n) is 2.82. The molecule has 0 spiro atoms. The van der Waals surface area contributed by atoms with Crippen molar-refractivity contribution >= 4 is 18.9 Å². The fraction of sp³-hybridized carbons (Fsp3) is 0. The van der Waals surface area contributed by atoms with Gasteiger partial charge in [-0.1, -0.05) is 48.5 Å². The van der Waals surface area contributed by atoms with E-state index in [0.717, 1.165) is 22.3 Å². The monoisotopic (exact) mass is 500 g/mol. The lowest BCUT2D eigenvalue weighted by atomic mass is 10.1.